The first-order valence-corrected chi connectivity index (χ1v) is 5.78. The molecular weight excluding hydrogens is 208 g/mol. The first kappa shape index (κ1) is 10.7. The van der Waals surface area contributed by atoms with Crippen LogP contribution in [0.1, 0.15) is 10.8 Å². The van der Waals surface area contributed by atoms with Gasteiger partial charge in [-0.1, -0.05) is 36.4 Å². The van der Waals surface area contributed by atoms with E-state index in [1.54, 1.807) is 0 Å². The second-order valence-electron chi connectivity index (χ2n) is 3.40. The molecule has 1 aromatic rings. The molecule has 0 bridgehead atoms. The highest BCUT2D eigenvalue weighted by Gasteiger charge is 2.23. The van der Waals surface area contributed by atoms with Crippen molar-refractivity contribution in [3.8, 4) is 0 Å². The van der Waals surface area contributed by atoms with Crippen LogP contribution in [-0.2, 0) is 8.92 Å². The zero-order chi connectivity index (χ0) is 10.5. The van der Waals surface area contributed by atoms with Gasteiger partial charge in [0.05, 0.1) is 18.5 Å². The molecule has 2 unspecified atom stereocenters. The Morgan fingerprint density at radius 2 is 2.27 bits per heavy atom. The minimum Gasteiger partial charge on any atom is -0.371 e. The van der Waals surface area contributed by atoms with Crippen LogP contribution in [0.2, 0.25) is 0 Å². The van der Waals surface area contributed by atoms with Crippen molar-refractivity contribution in [3.63, 3.8) is 0 Å². The number of epoxide rings is 1. The third-order valence-electron chi connectivity index (χ3n) is 2.17. The first-order valence-electron chi connectivity index (χ1n) is 4.97. The fraction of sp³-hybridized carbons (Fsp3) is 0.333. The van der Waals surface area contributed by atoms with E-state index in [1.165, 1.54) is 17.6 Å². The monoisotopic (exact) mass is 222 g/mol. The van der Waals surface area contributed by atoms with Crippen molar-refractivity contribution < 1.29 is 8.92 Å². The van der Waals surface area contributed by atoms with Crippen LogP contribution in [0.25, 0.3) is 0 Å². The maximum Gasteiger partial charge on any atom is 0.105 e. The van der Waals surface area contributed by atoms with Gasteiger partial charge in [0.25, 0.3) is 0 Å². The topological polar surface area (TPSA) is 21.8 Å². The Bertz CT molecular complexity index is 309. The molecule has 1 saturated heterocycles. The number of ether oxygens (including phenoxy) is 1. The summed E-state index contributed by atoms with van der Waals surface area (Å²) in [6.07, 6.45) is 2.21. The van der Waals surface area contributed by atoms with Gasteiger partial charge in [-0.25, -0.2) is 0 Å². The van der Waals surface area contributed by atoms with Gasteiger partial charge in [-0.2, -0.15) is 0 Å². The van der Waals surface area contributed by atoms with Gasteiger partial charge < -0.3 is 8.92 Å². The van der Waals surface area contributed by atoms with Crippen molar-refractivity contribution in [2.45, 2.75) is 11.4 Å². The second-order valence-corrected chi connectivity index (χ2v) is 4.34. The summed E-state index contributed by atoms with van der Waals surface area (Å²) in [5.74, 6) is 0. The van der Waals surface area contributed by atoms with Gasteiger partial charge >= 0.3 is 0 Å². The number of hydrogen-bond acceptors (Lipinski definition) is 3. The fourth-order valence-corrected chi connectivity index (χ4v) is 1.95. The molecule has 2 atom stereocenters. The molecule has 1 fully saturated rings. The third kappa shape index (κ3) is 3.38. The van der Waals surface area contributed by atoms with E-state index in [4.69, 9.17) is 8.92 Å². The predicted molar refractivity (Wildman–Crippen MR) is 62.7 cm³/mol. The highest BCUT2D eigenvalue weighted by Crippen LogP contribution is 2.31. The van der Waals surface area contributed by atoms with Gasteiger partial charge in [0, 0.05) is 12.0 Å². The summed E-state index contributed by atoms with van der Waals surface area (Å²) < 4.78 is 10.6. The van der Waals surface area contributed by atoms with Crippen LogP contribution in [0.4, 0.5) is 0 Å². The van der Waals surface area contributed by atoms with Crippen molar-refractivity contribution in [2.24, 2.45) is 0 Å². The quantitative estimate of drug-likeness (QED) is 0.419. The fourth-order valence-electron chi connectivity index (χ4n) is 1.23. The molecule has 0 N–H and O–H groups in total. The zero-order valence-electron chi connectivity index (χ0n) is 8.46. The lowest BCUT2D eigenvalue weighted by Gasteiger charge is -2.11. The molecule has 0 saturated carbocycles. The van der Waals surface area contributed by atoms with E-state index in [1.807, 2.05) is 24.3 Å². The highest BCUT2D eigenvalue weighted by molar-refractivity contribution is 7.95. The van der Waals surface area contributed by atoms with Crippen molar-refractivity contribution in [1.29, 1.82) is 0 Å². The van der Waals surface area contributed by atoms with Crippen LogP contribution >= 0.6 is 12.0 Å². The summed E-state index contributed by atoms with van der Waals surface area (Å²) in [7, 11) is 0. The summed E-state index contributed by atoms with van der Waals surface area (Å²) in [6.45, 7) is 5.33. The van der Waals surface area contributed by atoms with Crippen LogP contribution in [0.3, 0.4) is 0 Å². The van der Waals surface area contributed by atoms with Gasteiger partial charge in [-0.05, 0) is 5.56 Å². The highest BCUT2D eigenvalue weighted by atomic mass is 32.2. The Labute approximate surface area is 94.5 Å². The van der Waals surface area contributed by atoms with Crippen molar-refractivity contribution in [3.05, 3.63) is 48.6 Å². The average Bonchev–Trinajstić information content (AvgIpc) is 3.10. The molecule has 1 aromatic carbocycles. The van der Waals surface area contributed by atoms with E-state index < -0.39 is 0 Å². The van der Waals surface area contributed by atoms with Crippen molar-refractivity contribution in [2.75, 3.05) is 13.2 Å². The molecule has 0 amide bonds. The lowest BCUT2D eigenvalue weighted by atomic mass is 10.1. The molecule has 1 aliphatic heterocycles. The molecule has 1 heterocycles. The van der Waals surface area contributed by atoms with Gasteiger partial charge in [0.2, 0.25) is 0 Å². The largest absolute Gasteiger partial charge is 0.371 e. The molecule has 2 nitrogen and oxygen atoms in total. The van der Waals surface area contributed by atoms with Gasteiger partial charge in [0.15, 0.2) is 0 Å². The van der Waals surface area contributed by atoms with Crippen molar-refractivity contribution >= 4 is 12.0 Å². The number of benzene rings is 1. The molecule has 0 radical (unpaired) electrons. The van der Waals surface area contributed by atoms with Crippen LogP contribution in [0, 0.1) is 0 Å². The van der Waals surface area contributed by atoms with E-state index >= 15 is 0 Å². The van der Waals surface area contributed by atoms with Crippen LogP contribution in [0.5, 0.6) is 0 Å². The summed E-state index contributed by atoms with van der Waals surface area (Å²) in [5, 5.41) is 0.199. The molecule has 0 aromatic heterocycles. The molecule has 0 spiro atoms. The smallest absolute Gasteiger partial charge is 0.105 e. The standard InChI is InChI=1S/C12H14O2S/c1-2-12(10-6-4-3-5-7-10)15-14-9-11-8-13-11/h2-7,11-12H,1,8-9H2. The van der Waals surface area contributed by atoms with Gasteiger partial charge in [-0.15, -0.1) is 6.58 Å². The van der Waals surface area contributed by atoms with Crippen molar-refractivity contribution in [1.82, 2.24) is 0 Å². The lowest BCUT2D eigenvalue weighted by Crippen LogP contribution is -1.98. The summed E-state index contributed by atoms with van der Waals surface area (Å²) in [5.41, 5.74) is 1.22. The third-order valence-corrected chi connectivity index (χ3v) is 3.11. The Balaban J connectivity index is 1.83. The van der Waals surface area contributed by atoms with Crippen LogP contribution in [0.15, 0.2) is 43.0 Å². The Kier molecular flexibility index (Phi) is 3.83. The SMILES string of the molecule is C=CC(SOCC1CO1)c1ccccc1. The number of rotatable bonds is 6. The molecule has 1 aliphatic rings. The molecule has 2 rings (SSSR count). The van der Waals surface area contributed by atoms with Gasteiger partial charge in [-0.3, -0.25) is 0 Å². The molecule has 0 aliphatic carbocycles. The predicted octanol–water partition coefficient (Wildman–Crippen LogP) is 2.98. The summed E-state index contributed by atoms with van der Waals surface area (Å²) in [4.78, 5) is 0. The Morgan fingerprint density at radius 1 is 1.53 bits per heavy atom. The van der Waals surface area contributed by atoms with E-state index in [-0.39, 0.29) is 5.25 Å². The molecule has 80 valence electrons. The lowest BCUT2D eigenvalue weighted by molar-refractivity contribution is 0.295. The van der Waals surface area contributed by atoms with E-state index in [9.17, 15) is 0 Å². The molecule has 15 heavy (non-hydrogen) atoms. The Morgan fingerprint density at radius 3 is 2.87 bits per heavy atom. The number of hydrogen-bond donors (Lipinski definition) is 0. The summed E-state index contributed by atoms with van der Waals surface area (Å²) in [6, 6.07) is 10.2. The summed E-state index contributed by atoms with van der Waals surface area (Å²) >= 11 is 1.44. The van der Waals surface area contributed by atoms with Crippen LogP contribution in [-0.4, -0.2) is 19.3 Å². The van der Waals surface area contributed by atoms with Crippen LogP contribution < -0.4 is 0 Å². The Hall–Kier alpha value is -0.770. The maximum absolute atomic E-state index is 5.49. The minimum absolute atomic E-state index is 0.199. The average molecular weight is 222 g/mol. The first-order chi connectivity index (χ1) is 7.40. The van der Waals surface area contributed by atoms with E-state index in [0.717, 1.165) is 6.61 Å². The zero-order valence-corrected chi connectivity index (χ0v) is 9.28. The second kappa shape index (κ2) is 5.35. The van der Waals surface area contributed by atoms with E-state index in [2.05, 4.69) is 18.7 Å². The van der Waals surface area contributed by atoms with E-state index in [0.29, 0.717) is 12.7 Å². The minimum atomic E-state index is 0.199. The normalized spacial score (nSPS) is 20.9. The van der Waals surface area contributed by atoms with Gasteiger partial charge in [0.1, 0.15) is 6.10 Å². The maximum atomic E-state index is 5.49. The molecular formula is C12H14O2S. The molecule has 3 heteroatoms.